The van der Waals surface area contributed by atoms with Crippen LogP contribution < -0.4 is 15.5 Å². The van der Waals surface area contributed by atoms with Gasteiger partial charge in [0.25, 0.3) is 5.91 Å². The Hall–Kier alpha value is -4.16. The summed E-state index contributed by atoms with van der Waals surface area (Å²) in [5.41, 5.74) is 3.60. The van der Waals surface area contributed by atoms with Crippen molar-refractivity contribution >= 4 is 28.4 Å². The van der Waals surface area contributed by atoms with Crippen molar-refractivity contribution in [2.75, 3.05) is 26.3 Å². The van der Waals surface area contributed by atoms with Crippen molar-refractivity contribution in [3.63, 3.8) is 0 Å². The molecule has 0 spiro atoms. The molecule has 3 heterocycles. The Balaban J connectivity index is 1.39. The minimum Gasteiger partial charge on any atom is -0.482 e. The molecular weight excluding hydrogens is 528 g/mol. The largest absolute Gasteiger partial charge is 0.482 e. The first-order valence-electron chi connectivity index (χ1n) is 13.2. The van der Waals surface area contributed by atoms with E-state index in [1.54, 1.807) is 24.4 Å². The van der Waals surface area contributed by atoms with Gasteiger partial charge in [0.2, 0.25) is 5.43 Å². The molecule has 1 unspecified atom stereocenters. The highest BCUT2D eigenvalue weighted by Gasteiger charge is 2.27. The molecule has 40 heavy (non-hydrogen) atoms. The topological polar surface area (TPSA) is 96.6 Å². The number of carbonyl (C=O) groups excluding carboxylic acids is 1. The number of benzene rings is 3. The van der Waals surface area contributed by atoms with Gasteiger partial charge in [0.05, 0.1) is 42.3 Å². The third kappa shape index (κ3) is 5.32. The first-order chi connectivity index (χ1) is 19.5. The molecule has 9 heteroatoms. The van der Waals surface area contributed by atoms with Crippen molar-refractivity contribution in [3.8, 4) is 11.8 Å². The number of hydrogen-bond donors (Lipinski definition) is 1. The second kappa shape index (κ2) is 11.1. The Labute approximate surface area is 236 Å². The molecule has 0 saturated carbocycles. The second-order valence-electron chi connectivity index (χ2n) is 10.1. The van der Waals surface area contributed by atoms with Gasteiger partial charge in [-0.25, -0.2) is 0 Å². The zero-order valence-corrected chi connectivity index (χ0v) is 22.5. The monoisotopic (exact) mass is 554 g/mol. The van der Waals surface area contributed by atoms with Crippen LogP contribution in [0.25, 0.3) is 10.9 Å². The molecule has 0 bridgehead atoms. The molecule has 1 amide bonds. The zero-order chi connectivity index (χ0) is 27.6. The Bertz CT molecular complexity index is 1690. The first-order valence-corrected chi connectivity index (χ1v) is 13.6. The van der Waals surface area contributed by atoms with Gasteiger partial charge in [-0.15, -0.1) is 0 Å². The maximum Gasteiger partial charge on any atom is 0.257 e. The molecule has 1 atom stereocenters. The van der Waals surface area contributed by atoms with Gasteiger partial charge in [0.15, 0.2) is 0 Å². The summed E-state index contributed by atoms with van der Waals surface area (Å²) in [7, 11) is 0. The molecule has 2 aliphatic heterocycles. The summed E-state index contributed by atoms with van der Waals surface area (Å²) in [6.45, 7) is 4.22. The predicted octanol–water partition coefficient (Wildman–Crippen LogP) is 4.42. The van der Waals surface area contributed by atoms with Crippen LogP contribution in [-0.4, -0.2) is 41.7 Å². The maximum atomic E-state index is 13.7. The number of ether oxygens (including phenoxy) is 2. The maximum absolute atomic E-state index is 13.7. The van der Waals surface area contributed by atoms with Gasteiger partial charge in [-0.3, -0.25) is 14.5 Å². The SMILES string of the molecule is N#Cc1cccc(C2Cn3cc(C(=O)NCc4ccc(Cl)cc4)c(=O)c4cc(CN5CCOCC5)cc(c43)O2)c1. The fourth-order valence-electron chi connectivity index (χ4n) is 5.29. The predicted molar refractivity (Wildman–Crippen MR) is 151 cm³/mol. The van der Waals surface area contributed by atoms with Gasteiger partial charge in [-0.2, -0.15) is 5.26 Å². The lowest BCUT2D eigenvalue weighted by molar-refractivity contribution is 0.0341. The highest BCUT2D eigenvalue weighted by molar-refractivity contribution is 6.30. The van der Waals surface area contributed by atoms with E-state index in [2.05, 4.69) is 16.3 Å². The summed E-state index contributed by atoms with van der Waals surface area (Å²) in [6, 6.07) is 20.6. The minimum atomic E-state index is -0.444. The van der Waals surface area contributed by atoms with E-state index < -0.39 is 12.0 Å². The number of aromatic nitrogens is 1. The molecule has 4 aromatic rings. The number of carbonyl (C=O) groups is 1. The molecule has 1 aromatic heterocycles. The fourth-order valence-corrected chi connectivity index (χ4v) is 5.42. The Morgan fingerprint density at radius 1 is 1.07 bits per heavy atom. The van der Waals surface area contributed by atoms with Crippen LogP contribution in [0.5, 0.6) is 5.75 Å². The molecule has 8 nitrogen and oxygen atoms in total. The standard InChI is InChI=1S/C31H27ClN4O4/c32-24-6-4-20(5-7-24)16-34-31(38)26-18-36-19-28(23-3-1-2-21(12-23)15-33)40-27-14-22(13-25(29(27)36)30(26)37)17-35-8-10-39-11-9-35/h1-7,12-14,18,28H,8-11,16-17,19H2,(H,34,38). The molecule has 1 N–H and O–H groups in total. The number of nitrogens with one attached hydrogen (secondary N) is 1. The summed E-state index contributed by atoms with van der Waals surface area (Å²) in [5, 5.41) is 13.4. The van der Waals surface area contributed by atoms with E-state index in [4.69, 9.17) is 21.1 Å². The van der Waals surface area contributed by atoms with Crippen LogP contribution in [0.15, 0.2) is 71.7 Å². The number of hydrogen-bond acceptors (Lipinski definition) is 6. The second-order valence-corrected chi connectivity index (χ2v) is 10.5. The molecular formula is C31H27ClN4O4. The van der Waals surface area contributed by atoms with E-state index in [0.29, 0.717) is 53.5 Å². The van der Waals surface area contributed by atoms with Crippen LogP contribution in [-0.2, 0) is 24.4 Å². The van der Waals surface area contributed by atoms with E-state index >= 15 is 0 Å². The molecule has 0 aliphatic carbocycles. The van der Waals surface area contributed by atoms with Crippen LogP contribution >= 0.6 is 11.6 Å². The van der Waals surface area contributed by atoms with E-state index in [-0.39, 0.29) is 17.5 Å². The van der Waals surface area contributed by atoms with E-state index in [1.807, 2.05) is 47.0 Å². The van der Waals surface area contributed by atoms with E-state index in [0.717, 1.165) is 29.8 Å². The van der Waals surface area contributed by atoms with Crippen molar-refractivity contribution < 1.29 is 14.3 Å². The number of nitriles is 1. The Morgan fingerprint density at radius 3 is 2.65 bits per heavy atom. The number of amides is 1. The van der Waals surface area contributed by atoms with Crippen molar-refractivity contribution in [1.82, 2.24) is 14.8 Å². The van der Waals surface area contributed by atoms with Crippen molar-refractivity contribution in [2.45, 2.75) is 25.7 Å². The highest BCUT2D eigenvalue weighted by Crippen LogP contribution is 2.36. The minimum absolute atomic E-state index is 0.0716. The third-order valence-electron chi connectivity index (χ3n) is 7.34. The molecule has 1 saturated heterocycles. The number of rotatable bonds is 6. The van der Waals surface area contributed by atoms with Crippen molar-refractivity contribution in [2.24, 2.45) is 0 Å². The van der Waals surface area contributed by atoms with E-state index in [9.17, 15) is 14.9 Å². The summed E-state index contributed by atoms with van der Waals surface area (Å²) < 4.78 is 13.9. The number of morpholine rings is 1. The number of nitrogens with zero attached hydrogens (tertiary/aromatic N) is 3. The average molecular weight is 555 g/mol. The summed E-state index contributed by atoms with van der Waals surface area (Å²) in [5.74, 6) is 0.143. The smallest absolute Gasteiger partial charge is 0.257 e. The number of pyridine rings is 1. The highest BCUT2D eigenvalue weighted by atomic mass is 35.5. The van der Waals surface area contributed by atoms with Crippen molar-refractivity contribution in [1.29, 1.82) is 5.26 Å². The Morgan fingerprint density at radius 2 is 1.88 bits per heavy atom. The van der Waals surface area contributed by atoms with Gasteiger partial charge in [0.1, 0.15) is 17.4 Å². The van der Waals surface area contributed by atoms with Gasteiger partial charge < -0.3 is 19.4 Å². The molecule has 1 fully saturated rings. The van der Waals surface area contributed by atoms with Crippen LogP contribution in [0.1, 0.15) is 38.7 Å². The van der Waals surface area contributed by atoms with Gasteiger partial charge in [-0.1, -0.05) is 35.9 Å². The zero-order valence-electron chi connectivity index (χ0n) is 21.7. The quantitative estimate of drug-likeness (QED) is 0.379. The lowest BCUT2D eigenvalue weighted by Gasteiger charge is -2.30. The van der Waals surface area contributed by atoms with Crippen LogP contribution in [0.3, 0.4) is 0 Å². The summed E-state index contributed by atoms with van der Waals surface area (Å²) in [4.78, 5) is 29.3. The van der Waals surface area contributed by atoms with Gasteiger partial charge >= 0.3 is 0 Å². The van der Waals surface area contributed by atoms with Crippen LogP contribution in [0.2, 0.25) is 5.02 Å². The molecule has 3 aromatic carbocycles. The van der Waals surface area contributed by atoms with Gasteiger partial charge in [0, 0.05) is 37.4 Å². The molecule has 6 rings (SSSR count). The normalized spacial score (nSPS) is 16.8. The number of halogens is 1. The molecule has 2 aliphatic rings. The lowest BCUT2D eigenvalue weighted by atomic mass is 10.0. The Kier molecular flexibility index (Phi) is 7.27. The first kappa shape index (κ1) is 26.1. The van der Waals surface area contributed by atoms with Crippen LogP contribution in [0, 0.1) is 11.3 Å². The molecule has 0 radical (unpaired) electrons. The van der Waals surface area contributed by atoms with E-state index in [1.165, 1.54) is 0 Å². The van der Waals surface area contributed by atoms with Crippen LogP contribution in [0.4, 0.5) is 0 Å². The summed E-state index contributed by atoms with van der Waals surface area (Å²) in [6.07, 6.45) is 1.23. The van der Waals surface area contributed by atoms with Crippen molar-refractivity contribution in [3.05, 3.63) is 110 Å². The summed E-state index contributed by atoms with van der Waals surface area (Å²) >= 11 is 5.98. The molecule has 202 valence electrons. The third-order valence-corrected chi connectivity index (χ3v) is 7.59. The lowest BCUT2D eigenvalue weighted by Crippen LogP contribution is -2.35. The average Bonchev–Trinajstić information content (AvgIpc) is 2.98. The van der Waals surface area contributed by atoms with Gasteiger partial charge in [-0.05, 0) is 53.1 Å². The fraction of sp³-hybridized carbons (Fsp3) is 0.258.